The van der Waals surface area contributed by atoms with Gasteiger partial charge in [-0.1, -0.05) is 73.1 Å². The average Bonchev–Trinajstić information content (AvgIpc) is 2.68. The molecule has 1 saturated carbocycles. The molecule has 1 aliphatic rings. The van der Waals surface area contributed by atoms with E-state index in [0.29, 0.717) is 6.42 Å². The molecule has 1 fully saturated rings. The van der Waals surface area contributed by atoms with Crippen molar-refractivity contribution in [2.75, 3.05) is 13.1 Å². The molecular weight excluding hydrogens is 396 g/mol. The number of hydrogen-bond acceptors (Lipinski definition) is 3. The van der Waals surface area contributed by atoms with Gasteiger partial charge in [0.15, 0.2) is 0 Å². The summed E-state index contributed by atoms with van der Waals surface area (Å²) >= 11 is 0. The Morgan fingerprint density at radius 1 is 1.03 bits per heavy atom. The third kappa shape index (κ3) is 12.5. The lowest BCUT2D eigenvalue weighted by Gasteiger charge is -2.32. The van der Waals surface area contributed by atoms with Crippen LogP contribution in [0.2, 0.25) is 0 Å². The molecule has 5 heteroatoms. The van der Waals surface area contributed by atoms with E-state index in [4.69, 9.17) is 0 Å². The lowest BCUT2D eigenvalue weighted by molar-refractivity contribution is -0.127. The lowest BCUT2D eigenvalue weighted by Crippen LogP contribution is -2.45. The second kappa shape index (κ2) is 17.3. The summed E-state index contributed by atoms with van der Waals surface area (Å²) in [6.45, 7) is 12.6. The van der Waals surface area contributed by atoms with Gasteiger partial charge in [-0.2, -0.15) is 0 Å². The minimum Gasteiger partial charge on any atom is -0.391 e. The number of rotatable bonds is 15. The molecule has 3 N–H and O–H groups in total. The number of unbranched alkanes of at least 4 members (excludes halogenated alkanes) is 1. The van der Waals surface area contributed by atoms with E-state index in [2.05, 4.69) is 45.3 Å². The molecule has 0 aromatic rings. The Kier molecular flexibility index (Phi) is 17.1. The van der Waals surface area contributed by atoms with Crippen molar-refractivity contribution in [3.05, 3.63) is 0 Å². The van der Waals surface area contributed by atoms with Crippen LogP contribution in [-0.4, -0.2) is 36.2 Å². The maximum absolute atomic E-state index is 12.7. The summed E-state index contributed by atoms with van der Waals surface area (Å²) in [7, 11) is 0. The molecule has 0 aromatic carbocycles. The molecule has 30 heavy (non-hydrogen) atoms. The van der Waals surface area contributed by atoms with Crippen molar-refractivity contribution in [2.45, 2.75) is 117 Å². The average molecular weight is 447 g/mol. The van der Waals surface area contributed by atoms with Gasteiger partial charge < -0.3 is 15.7 Å². The Bertz CT molecular complexity index is 425. The van der Waals surface area contributed by atoms with Gasteiger partial charge in [0, 0.05) is 18.5 Å². The molecule has 1 aliphatic carbocycles. The van der Waals surface area contributed by atoms with Gasteiger partial charge in [-0.05, 0) is 56.4 Å². The van der Waals surface area contributed by atoms with E-state index >= 15 is 0 Å². The fraction of sp³-hybridized carbons (Fsp3) is 0.960. The molecule has 1 amide bonds. The highest BCUT2D eigenvalue weighted by molar-refractivity contribution is 5.85. The van der Waals surface area contributed by atoms with Crippen molar-refractivity contribution in [1.29, 1.82) is 0 Å². The third-order valence-corrected chi connectivity index (χ3v) is 6.61. The first kappa shape index (κ1) is 29.7. The van der Waals surface area contributed by atoms with Gasteiger partial charge in [0.2, 0.25) is 5.91 Å². The zero-order chi connectivity index (χ0) is 21.6. The highest BCUT2D eigenvalue weighted by Gasteiger charge is 2.30. The van der Waals surface area contributed by atoms with Gasteiger partial charge in [0.05, 0.1) is 6.10 Å². The molecule has 0 saturated heterocycles. The van der Waals surface area contributed by atoms with Crippen LogP contribution in [0.1, 0.15) is 105 Å². The van der Waals surface area contributed by atoms with Crippen molar-refractivity contribution in [1.82, 2.24) is 10.6 Å². The van der Waals surface area contributed by atoms with Crippen LogP contribution in [0.15, 0.2) is 0 Å². The molecular formula is C25H51ClN2O2. The summed E-state index contributed by atoms with van der Waals surface area (Å²) in [4.78, 5) is 12.7. The first-order chi connectivity index (χ1) is 13.8. The Balaban J connectivity index is 0.00000841. The van der Waals surface area contributed by atoms with Crippen LogP contribution >= 0.6 is 12.4 Å². The van der Waals surface area contributed by atoms with Crippen LogP contribution in [0, 0.1) is 23.7 Å². The van der Waals surface area contributed by atoms with E-state index < -0.39 is 6.10 Å². The van der Waals surface area contributed by atoms with Crippen LogP contribution in [0.5, 0.6) is 0 Å². The van der Waals surface area contributed by atoms with E-state index in [-0.39, 0.29) is 36.2 Å². The normalized spacial score (nSPS) is 18.1. The van der Waals surface area contributed by atoms with E-state index in [1.165, 1.54) is 38.5 Å². The minimum atomic E-state index is -0.458. The van der Waals surface area contributed by atoms with Gasteiger partial charge in [-0.15, -0.1) is 12.4 Å². The maximum Gasteiger partial charge on any atom is 0.223 e. The lowest BCUT2D eigenvalue weighted by atomic mass is 9.81. The van der Waals surface area contributed by atoms with Crippen LogP contribution in [0.4, 0.5) is 0 Å². The van der Waals surface area contributed by atoms with E-state index in [9.17, 15) is 9.90 Å². The second-order valence-electron chi connectivity index (χ2n) is 10.1. The van der Waals surface area contributed by atoms with Crippen molar-refractivity contribution in [3.63, 3.8) is 0 Å². The molecule has 180 valence electrons. The summed E-state index contributed by atoms with van der Waals surface area (Å²) in [6.07, 6.45) is 12.2. The minimum absolute atomic E-state index is 0. The Hall–Kier alpha value is -0.320. The maximum atomic E-state index is 12.7. The molecule has 0 radical (unpaired) electrons. The summed E-state index contributed by atoms with van der Waals surface area (Å²) in [5.41, 5.74) is 0. The molecule has 3 atom stereocenters. The fourth-order valence-corrected chi connectivity index (χ4v) is 4.58. The number of nitrogens with one attached hydrogen (secondary N) is 2. The quantitative estimate of drug-likeness (QED) is 0.282. The third-order valence-electron chi connectivity index (χ3n) is 6.61. The molecule has 0 aliphatic heterocycles. The van der Waals surface area contributed by atoms with Crippen LogP contribution < -0.4 is 10.6 Å². The smallest absolute Gasteiger partial charge is 0.223 e. The Labute approximate surface area is 193 Å². The number of amides is 1. The zero-order valence-electron chi connectivity index (χ0n) is 20.4. The molecule has 0 heterocycles. The number of carbonyl (C=O) groups is 1. The number of halogens is 1. The van der Waals surface area contributed by atoms with Crippen LogP contribution in [0.3, 0.4) is 0 Å². The Morgan fingerprint density at radius 2 is 1.70 bits per heavy atom. The standard InChI is InChI=1S/C25H50N2O2.ClH/c1-6-7-15-27-25(29)22(20(4)5)18-24(28)23(26-16-11-12-19(2)3)17-21-13-9-8-10-14-21;/h19-24,26,28H,6-18H2,1-5H3,(H,27,29);1H. The predicted molar refractivity (Wildman–Crippen MR) is 131 cm³/mol. The SMILES string of the molecule is CCCCNC(=O)C(CC(O)C(CC1CCCCC1)NCCCC(C)C)C(C)C.Cl. The molecule has 0 bridgehead atoms. The van der Waals surface area contributed by atoms with Gasteiger partial charge in [-0.3, -0.25) is 4.79 Å². The Morgan fingerprint density at radius 3 is 2.27 bits per heavy atom. The molecule has 4 nitrogen and oxygen atoms in total. The zero-order valence-corrected chi connectivity index (χ0v) is 21.2. The van der Waals surface area contributed by atoms with Crippen LogP contribution in [0.25, 0.3) is 0 Å². The van der Waals surface area contributed by atoms with E-state index in [0.717, 1.165) is 50.6 Å². The van der Waals surface area contributed by atoms with Gasteiger partial charge in [0.1, 0.15) is 0 Å². The number of hydrogen-bond donors (Lipinski definition) is 3. The van der Waals surface area contributed by atoms with Crippen molar-refractivity contribution >= 4 is 18.3 Å². The first-order valence-corrected chi connectivity index (χ1v) is 12.5. The summed E-state index contributed by atoms with van der Waals surface area (Å²) in [5, 5.41) is 17.9. The predicted octanol–water partition coefficient (Wildman–Crippen LogP) is 5.71. The van der Waals surface area contributed by atoms with Gasteiger partial charge in [-0.25, -0.2) is 0 Å². The summed E-state index contributed by atoms with van der Waals surface area (Å²) in [6, 6.07) is 0.106. The van der Waals surface area contributed by atoms with Gasteiger partial charge >= 0.3 is 0 Å². The second-order valence-corrected chi connectivity index (χ2v) is 10.1. The summed E-state index contributed by atoms with van der Waals surface area (Å²) < 4.78 is 0. The first-order valence-electron chi connectivity index (χ1n) is 12.5. The van der Waals surface area contributed by atoms with Crippen molar-refractivity contribution in [2.24, 2.45) is 23.7 Å². The molecule has 3 unspecified atom stereocenters. The van der Waals surface area contributed by atoms with E-state index in [1.807, 2.05) is 0 Å². The highest BCUT2D eigenvalue weighted by atomic mass is 35.5. The molecule has 0 aromatic heterocycles. The number of aliphatic hydroxyl groups excluding tert-OH is 1. The van der Waals surface area contributed by atoms with Crippen molar-refractivity contribution < 1.29 is 9.90 Å². The monoisotopic (exact) mass is 446 g/mol. The highest BCUT2D eigenvalue weighted by Crippen LogP contribution is 2.29. The van der Waals surface area contributed by atoms with E-state index in [1.54, 1.807) is 0 Å². The number of carbonyl (C=O) groups excluding carboxylic acids is 1. The molecule has 0 spiro atoms. The summed E-state index contributed by atoms with van der Waals surface area (Å²) in [5.74, 6) is 1.67. The van der Waals surface area contributed by atoms with Crippen LogP contribution in [-0.2, 0) is 4.79 Å². The molecule has 1 rings (SSSR count). The largest absolute Gasteiger partial charge is 0.391 e. The number of aliphatic hydroxyl groups is 1. The van der Waals surface area contributed by atoms with Crippen molar-refractivity contribution in [3.8, 4) is 0 Å². The fourth-order valence-electron chi connectivity index (χ4n) is 4.58. The topological polar surface area (TPSA) is 61.4 Å². The van der Waals surface area contributed by atoms with Gasteiger partial charge in [0.25, 0.3) is 0 Å².